The number of carbonyl (C=O) groups excluding carboxylic acids is 2. The standard InChI is InChI=1S/C8H8N2O3/c1-13-8-7(6(12)2-5-11)9-3-4-10-8/h3-5H,2H2,1H3. The van der Waals surface area contributed by atoms with E-state index in [4.69, 9.17) is 4.74 Å². The van der Waals surface area contributed by atoms with Gasteiger partial charge in [-0.05, 0) is 0 Å². The number of ether oxygens (including phenoxy) is 1. The third-order valence-corrected chi connectivity index (χ3v) is 1.39. The minimum Gasteiger partial charge on any atom is -0.479 e. The molecule has 0 saturated carbocycles. The van der Waals surface area contributed by atoms with Gasteiger partial charge in [0, 0.05) is 12.4 Å². The van der Waals surface area contributed by atoms with Crippen molar-refractivity contribution in [3.63, 3.8) is 0 Å². The Morgan fingerprint density at radius 1 is 1.54 bits per heavy atom. The highest BCUT2D eigenvalue weighted by Gasteiger charge is 2.13. The summed E-state index contributed by atoms with van der Waals surface area (Å²) in [6.45, 7) is 0. The van der Waals surface area contributed by atoms with E-state index in [0.29, 0.717) is 6.29 Å². The molecule has 0 unspecified atom stereocenters. The first-order chi connectivity index (χ1) is 6.29. The zero-order chi connectivity index (χ0) is 9.68. The molecule has 1 heterocycles. The molecule has 1 rings (SSSR count). The second kappa shape index (κ2) is 4.30. The van der Waals surface area contributed by atoms with E-state index >= 15 is 0 Å². The van der Waals surface area contributed by atoms with Crippen molar-refractivity contribution in [1.29, 1.82) is 0 Å². The normalized spacial score (nSPS) is 9.31. The lowest BCUT2D eigenvalue weighted by atomic mass is 10.2. The molecule has 1 aromatic rings. The molecule has 0 aliphatic heterocycles. The van der Waals surface area contributed by atoms with Crippen molar-refractivity contribution >= 4 is 12.1 Å². The molecule has 0 aliphatic rings. The molecule has 0 radical (unpaired) electrons. The van der Waals surface area contributed by atoms with Crippen molar-refractivity contribution in [2.75, 3.05) is 7.11 Å². The Bertz CT molecular complexity index is 325. The first-order valence-electron chi connectivity index (χ1n) is 3.61. The Morgan fingerprint density at radius 2 is 2.23 bits per heavy atom. The highest BCUT2D eigenvalue weighted by atomic mass is 16.5. The lowest BCUT2D eigenvalue weighted by molar-refractivity contribution is -0.107. The third-order valence-electron chi connectivity index (χ3n) is 1.39. The molecule has 0 atom stereocenters. The van der Waals surface area contributed by atoms with Crippen LogP contribution in [0.1, 0.15) is 16.9 Å². The quantitative estimate of drug-likeness (QED) is 0.377. The molecule has 0 fully saturated rings. The maximum Gasteiger partial charge on any atom is 0.243 e. The fraction of sp³-hybridized carbons (Fsp3) is 0.250. The van der Waals surface area contributed by atoms with Crippen molar-refractivity contribution < 1.29 is 14.3 Å². The number of Topliss-reactive ketones (excluding diaryl/α,β-unsaturated/α-hetero) is 1. The van der Waals surface area contributed by atoms with Crippen LogP contribution in [0, 0.1) is 0 Å². The van der Waals surface area contributed by atoms with Gasteiger partial charge in [0.25, 0.3) is 0 Å². The Hall–Kier alpha value is -1.78. The summed E-state index contributed by atoms with van der Waals surface area (Å²) >= 11 is 0. The summed E-state index contributed by atoms with van der Waals surface area (Å²) in [4.78, 5) is 28.8. The first-order valence-corrected chi connectivity index (χ1v) is 3.61. The molecule has 5 nitrogen and oxygen atoms in total. The summed E-state index contributed by atoms with van der Waals surface area (Å²) < 4.78 is 4.80. The predicted octanol–water partition coefficient (Wildman–Crippen LogP) is 0.257. The summed E-state index contributed by atoms with van der Waals surface area (Å²) in [6, 6.07) is 0. The van der Waals surface area contributed by atoms with Gasteiger partial charge in [0.2, 0.25) is 5.88 Å². The lowest BCUT2D eigenvalue weighted by Crippen LogP contribution is -2.06. The number of carbonyl (C=O) groups is 2. The van der Waals surface area contributed by atoms with Gasteiger partial charge in [0.1, 0.15) is 6.29 Å². The Morgan fingerprint density at radius 3 is 2.85 bits per heavy atom. The van der Waals surface area contributed by atoms with Gasteiger partial charge < -0.3 is 9.53 Å². The van der Waals surface area contributed by atoms with Gasteiger partial charge in [0.15, 0.2) is 11.5 Å². The summed E-state index contributed by atoms with van der Waals surface area (Å²) in [5.74, 6) is -0.241. The molecule has 0 bridgehead atoms. The predicted molar refractivity (Wildman–Crippen MR) is 43.6 cm³/mol. The molecule has 13 heavy (non-hydrogen) atoms. The minimum atomic E-state index is -0.389. The van der Waals surface area contributed by atoms with Crippen molar-refractivity contribution in [2.45, 2.75) is 6.42 Å². The van der Waals surface area contributed by atoms with E-state index in [2.05, 4.69) is 9.97 Å². The van der Waals surface area contributed by atoms with Gasteiger partial charge in [-0.1, -0.05) is 0 Å². The van der Waals surface area contributed by atoms with Crippen LogP contribution in [0.15, 0.2) is 12.4 Å². The number of methoxy groups -OCH3 is 1. The lowest BCUT2D eigenvalue weighted by Gasteiger charge is -2.01. The Labute approximate surface area is 74.8 Å². The summed E-state index contributed by atoms with van der Waals surface area (Å²) in [5.41, 5.74) is 0.0945. The maximum atomic E-state index is 11.2. The van der Waals surface area contributed by atoms with Crippen LogP contribution < -0.4 is 4.74 Å². The van der Waals surface area contributed by atoms with Crippen molar-refractivity contribution in [3.8, 4) is 5.88 Å². The zero-order valence-electron chi connectivity index (χ0n) is 7.06. The summed E-state index contributed by atoms with van der Waals surface area (Å²) in [5, 5.41) is 0. The van der Waals surface area contributed by atoms with E-state index in [9.17, 15) is 9.59 Å². The van der Waals surface area contributed by atoms with Crippen LogP contribution in [0.3, 0.4) is 0 Å². The van der Waals surface area contributed by atoms with Gasteiger partial charge in [-0.15, -0.1) is 0 Å². The summed E-state index contributed by atoms with van der Waals surface area (Å²) in [6.07, 6.45) is 3.11. The first kappa shape index (κ1) is 9.31. The minimum absolute atomic E-state index is 0.0945. The van der Waals surface area contributed by atoms with E-state index in [0.717, 1.165) is 0 Å². The topological polar surface area (TPSA) is 69.2 Å². The third kappa shape index (κ3) is 2.08. The van der Waals surface area contributed by atoms with Crippen molar-refractivity contribution in [1.82, 2.24) is 9.97 Å². The van der Waals surface area contributed by atoms with Gasteiger partial charge in [-0.2, -0.15) is 0 Å². The zero-order valence-corrected chi connectivity index (χ0v) is 7.06. The fourth-order valence-electron chi connectivity index (χ4n) is 0.838. The van der Waals surface area contributed by atoms with E-state index < -0.39 is 0 Å². The number of ketones is 1. The Kier molecular flexibility index (Phi) is 3.08. The van der Waals surface area contributed by atoms with Crippen LogP contribution in [0.5, 0.6) is 5.88 Å². The number of aldehydes is 1. The van der Waals surface area contributed by atoms with Crippen LogP contribution >= 0.6 is 0 Å². The van der Waals surface area contributed by atoms with Gasteiger partial charge in [-0.3, -0.25) is 4.79 Å². The molecule has 5 heteroatoms. The number of rotatable bonds is 4. The summed E-state index contributed by atoms with van der Waals surface area (Å²) in [7, 11) is 1.39. The van der Waals surface area contributed by atoms with Crippen molar-refractivity contribution in [3.05, 3.63) is 18.1 Å². The fourth-order valence-corrected chi connectivity index (χ4v) is 0.838. The highest BCUT2D eigenvalue weighted by Crippen LogP contribution is 2.11. The number of nitrogens with zero attached hydrogens (tertiary/aromatic N) is 2. The molecule has 0 spiro atoms. The van der Waals surface area contributed by atoms with Crippen LogP contribution in [0.2, 0.25) is 0 Å². The molecule has 0 amide bonds. The molecular weight excluding hydrogens is 172 g/mol. The molecule has 0 saturated heterocycles. The smallest absolute Gasteiger partial charge is 0.243 e. The average Bonchev–Trinajstić information content (AvgIpc) is 2.18. The largest absolute Gasteiger partial charge is 0.479 e. The molecule has 0 N–H and O–H groups in total. The maximum absolute atomic E-state index is 11.2. The molecule has 0 aliphatic carbocycles. The van der Waals surface area contributed by atoms with Gasteiger partial charge in [-0.25, -0.2) is 9.97 Å². The van der Waals surface area contributed by atoms with E-state index in [1.54, 1.807) is 0 Å². The van der Waals surface area contributed by atoms with Crippen LogP contribution in [0.4, 0.5) is 0 Å². The second-order valence-corrected chi connectivity index (χ2v) is 2.21. The monoisotopic (exact) mass is 180 g/mol. The molecule has 1 aromatic heterocycles. The average molecular weight is 180 g/mol. The van der Waals surface area contributed by atoms with Crippen LogP contribution in [-0.2, 0) is 4.79 Å². The SMILES string of the molecule is COc1nccnc1C(=O)CC=O. The molecule has 0 aromatic carbocycles. The van der Waals surface area contributed by atoms with E-state index in [1.165, 1.54) is 19.5 Å². The number of hydrogen-bond acceptors (Lipinski definition) is 5. The van der Waals surface area contributed by atoms with E-state index in [1.807, 2.05) is 0 Å². The van der Waals surface area contributed by atoms with Gasteiger partial charge in [0.05, 0.1) is 13.5 Å². The van der Waals surface area contributed by atoms with Crippen LogP contribution in [0.25, 0.3) is 0 Å². The highest BCUT2D eigenvalue weighted by molar-refractivity contribution is 6.02. The number of aromatic nitrogens is 2. The molecular formula is C8H8N2O3. The van der Waals surface area contributed by atoms with Crippen molar-refractivity contribution in [2.24, 2.45) is 0 Å². The number of hydrogen-bond donors (Lipinski definition) is 0. The van der Waals surface area contributed by atoms with Crippen LogP contribution in [-0.4, -0.2) is 29.1 Å². The molecule has 68 valence electrons. The van der Waals surface area contributed by atoms with Gasteiger partial charge >= 0.3 is 0 Å². The Balaban J connectivity index is 2.98. The van der Waals surface area contributed by atoms with E-state index in [-0.39, 0.29) is 23.8 Å². The second-order valence-electron chi connectivity index (χ2n) is 2.21.